The Hall–Kier alpha value is -4.93. The highest BCUT2D eigenvalue weighted by atomic mass is 16.5. The Kier molecular flexibility index (Phi) is 7.62. The van der Waals surface area contributed by atoms with Gasteiger partial charge in [-0.25, -0.2) is 14.4 Å². The third-order valence-electron chi connectivity index (χ3n) is 5.61. The van der Waals surface area contributed by atoms with Crippen molar-refractivity contribution in [2.24, 2.45) is 0 Å². The van der Waals surface area contributed by atoms with Gasteiger partial charge in [0.05, 0.1) is 25.0 Å². The molecule has 0 aliphatic heterocycles. The molecule has 0 bridgehead atoms. The first-order valence-corrected chi connectivity index (χ1v) is 11.5. The van der Waals surface area contributed by atoms with E-state index in [-0.39, 0.29) is 17.8 Å². The first kappa shape index (κ1) is 25.2. The van der Waals surface area contributed by atoms with Crippen molar-refractivity contribution in [2.75, 3.05) is 25.2 Å². The van der Waals surface area contributed by atoms with Crippen molar-refractivity contribution < 1.29 is 24.2 Å². The van der Waals surface area contributed by atoms with Crippen LogP contribution >= 0.6 is 0 Å². The first-order chi connectivity index (χ1) is 17.9. The van der Waals surface area contributed by atoms with Gasteiger partial charge in [0.25, 0.3) is 0 Å². The van der Waals surface area contributed by atoms with Crippen LogP contribution in [-0.2, 0) is 6.42 Å². The summed E-state index contributed by atoms with van der Waals surface area (Å²) in [5.41, 5.74) is 0.721. The van der Waals surface area contributed by atoms with Gasteiger partial charge in [0, 0.05) is 13.0 Å². The van der Waals surface area contributed by atoms with Crippen molar-refractivity contribution in [1.82, 2.24) is 19.8 Å². The third-order valence-corrected chi connectivity index (χ3v) is 5.61. The van der Waals surface area contributed by atoms with Gasteiger partial charge >= 0.3 is 17.7 Å². The second-order valence-electron chi connectivity index (χ2n) is 7.86. The Labute approximate surface area is 212 Å². The number of carbonyl (C=O) groups is 2. The fourth-order valence-electron chi connectivity index (χ4n) is 3.75. The summed E-state index contributed by atoms with van der Waals surface area (Å²) in [5.74, 6) is -0.499. The van der Waals surface area contributed by atoms with Crippen LogP contribution in [0.2, 0.25) is 0 Å². The third kappa shape index (κ3) is 5.35. The second kappa shape index (κ2) is 11.2. The zero-order valence-corrected chi connectivity index (χ0v) is 20.3. The highest BCUT2D eigenvalue weighted by Gasteiger charge is 2.26. The van der Waals surface area contributed by atoms with Crippen molar-refractivity contribution in [1.29, 1.82) is 0 Å². The van der Waals surface area contributed by atoms with Crippen LogP contribution in [0.3, 0.4) is 0 Å². The minimum atomic E-state index is -1.17. The number of nitrogens with zero attached hydrogens (tertiary/aromatic N) is 5. The fourth-order valence-corrected chi connectivity index (χ4v) is 3.75. The summed E-state index contributed by atoms with van der Waals surface area (Å²) < 4.78 is 12.8. The number of aromatic carboxylic acids is 1. The Morgan fingerprint density at radius 2 is 1.70 bits per heavy atom. The molecule has 3 aromatic carbocycles. The van der Waals surface area contributed by atoms with E-state index in [2.05, 4.69) is 10.4 Å². The summed E-state index contributed by atoms with van der Waals surface area (Å²) in [5, 5.41) is 17.1. The molecule has 0 saturated heterocycles. The Morgan fingerprint density at radius 3 is 2.41 bits per heavy atom. The number of amides is 1. The second-order valence-corrected chi connectivity index (χ2v) is 7.86. The molecule has 11 nitrogen and oxygen atoms in total. The van der Waals surface area contributed by atoms with Crippen molar-refractivity contribution in [2.45, 2.75) is 13.3 Å². The molecule has 4 rings (SSSR count). The first-order valence-electron chi connectivity index (χ1n) is 11.5. The van der Waals surface area contributed by atoms with Gasteiger partial charge in [-0.1, -0.05) is 42.5 Å². The molecule has 0 fully saturated rings. The number of methoxy groups -OCH3 is 1. The van der Waals surface area contributed by atoms with Gasteiger partial charge < -0.3 is 14.6 Å². The van der Waals surface area contributed by atoms with E-state index in [0.29, 0.717) is 34.9 Å². The van der Waals surface area contributed by atoms with Crippen molar-refractivity contribution in [3.05, 3.63) is 94.4 Å². The van der Waals surface area contributed by atoms with E-state index >= 15 is 0 Å². The summed E-state index contributed by atoms with van der Waals surface area (Å²) in [6, 6.07) is 19.8. The molecule has 37 heavy (non-hydrogen) atoms. The molecular weight excluding hydrogens is 478 g/mol. The normalized spacial score (nSPS) is 10.6. The number of aromatic nitrogens is 4. The monoisotopic (exact) mass is 503 g/mol. The molecule has 0 spiro atoms. The Bertz CT molecular complexity index is 1460. The summed E-state index contributed by atoms with van der Waals surface area (Å²) in [6.45, 7) is 2.08. The number of anilines is 1. The Morgan fingerprint density at radius 1 is 0.973 bits per heavy atom. The molecule has 0 unspecified atom stereocenters. The molecule has 190 valence electrons. The smallest absolute Gasteiger partial charge is 0.377 e. The number of ether oxygens (including phenoxy) is 2. The van der Waals surface area contributed by atoms with Gasteiger partial charge in [-0.2, -0.15) is 4.68 Å². The molecule has 1 amide bonds. The van der Waals surface area contributed by atoms with E-state index in [1.54, 1.807) is 31.2 Å². The molecule has 0 aliphatic rings. The standard InChI is InChI=1S/C26H25N5O6/c1-3-29(25(34)31-26(35)30(27-28-31)20-11-7-8-12-22(20)36-2)21-17-19(24(32)33)13-14-23(21)37-16-15-18-9-5-4-6-10-18/h4-14,17H,3,15-16H2,1-2H3,(H,32,33). The lowest BCUT2D eigenvalue weighted by atomic mass is 10.1. The predicted molar refractivity (Wildman–Crippen MR) is 135 cm³/mol. The van der Waals surface area contributed by atoms with E-state index in [1.807, 2.05) is 30.3 Å². The van der Waals surface area contributed by atoms with Gasteiger partial charge in [0.15, 0.2) is 0 Å². The van der Waals surface area contributed by atoms with E-state index in [0.717, 1.165) is 10.2 Å². The zero-order valence-electron chi connectivity index (χ0n) is 20.3. The van der Waals surface area contributed by atoms with E-state index in [4.69, 9.17) is 9.47 Å². The van der Waals surface area contributed by atoms with Crippen LogP contribution in [-0.4, -0.2) is 57.2 Å². The van der Waals surface area contributed by atoms with Crippen LogP contribution in [0.5, 0.6) is 11.5 Å². The largest absolute Gasteiger partial charge is 0.494 e. The molecule has 1 N–H and O–H groups in total. The van der Waals surface area contributed by atoms with Crippen LogP contribution in [0, 0.1) is 0 Å². The lowest BCUT2D eigenvalue weighted by Gasteiger charge is -2.23. The van der Waals surface area contributed by atoms with Crippen LogP contribution < -0.4 is 20.1 Å². The van der Waals surface area contributed by atoms with Gasteiger partial charge in [0.2, 0.25) is 0 Å². The van der Waals surface area contributed by atoms with Gasteiger partial charge in [-0.15, -0.1) is 4.68 Å². The molecule has 0 aliphatic carbocycles. The number of benzene rings is 3. The summed E-state index contributed by atoms with van der Waals surface area (Å²) >= 11 is 0. The number of carboxylic acids is 1. The number of carboxylic acid groups (broad SMARTS) is 1. The average Bonchev–Trinajstić information content (AvgIpc) is 3.31. The molecule has 0 radical (unpaired) electrons. The maximum absolute atomic E-state index is 13.5. The fraction of sp³-hybridized carbons (Fsp3) is 0.192. The van der Waals surface area contributed by atoms with Gasteiger partial charge in [-0.05, 0) is 53.2 Å². The van der Waals surface area contributed by atoms with Crippen LogP contribution in [0.4, 0.5) is 10.5 Å². The molecule has 4 aromatic rings. The van der Waals surface area contributed by atoms with Gasteiger partial charge in [0.1, 0.15) is 17.2 Å². The number of tetrazole rings is 1. The average molecular weight is 504 g/mol. The number of rotatable bonds is 9. The number of para-hydroxylation sites is 2. The van der Waals surface area contributed by atoms with Crippen molar-refractivity contribution >= 4 is 17.7 Å². The Balaban J connectivity index is 1.67. The summed E-state index contributed by atoms with van der Waals surface area (Å²) in [6.07, 6.45) is 0.605. The highest BCUT2D eigenvalue weighted by Crippen LogP contribution is 2.30. The zero-order chi connectivity index (χ0) is 26.4. The SMILES string of the molecule is CCN(C(=O)n1nnn(-c2ccccc2OC)c1=O)c1cc(C(=O)O)ccc1OCCc1ccccc1. The lowest BCUT2D eigenvalue weighted by molar-refractivity contribution is 0.0696. The van der Waals surface area contributed by atoms with Crippen molar-refractivity contribution in [3.8, 4) is 17.2 Å². The topological polar surface area (TPSA) is 129 Å². The van der Waals surface area contributed by atoms with Crippen LogP contribution in [0.15, 0.2) is 77.6 Å². The van der Waals surface area contributed by atoms with Crippen LogP contribution in [0.1, 0.15) is 22.8 Å². The minimum Gasteiger partial charge on any atom is -0.494 e. The molecule has 1 aromatic heterocycles. The molecule has 1 heterocycles. The van der Waals surface area contributed by atoms with E-state index < -0.39 is 17.7 Å². The quantitative estimate of drug-likeness (QED) is 0.345. The highest BCUT2D eigenvalue weighted by molar-refractivity contribution is 5.97. The molecule has 0 saturated carbocycles. The van der Waals surface area contributed by atoms with Crippen LogP contribution in [0.25, 0.3) is 5.69 Å². The summed E-state index contributed by atoms with van der Waals surface area (Å²) in [7, 11) is 1.45. The molecule has 11 heteroatoms. The maximum atomic E-state index is 13.5. The van der Waals surface area contributed by atoms with E-state index in [1.165, 1.54) is 30.2 Å². The maximum Gasteiger partial charge on any atom is 0.377 e. The number of carbonyl (C=O) groups excluding carboxylic acids is 1. The lowest BCUT2D eigenvalue weighted by Crippen LogP contribution is -2.41. The van der Waals surface area contributed by atoms with Crippen molar-refractivity contribution in [3.63, 3.8) is 0 Å². The van der Waals surface area contributed by atoms with Gasteiger partial charge in [-0.3, -0.25) is 4.90 Å². The molecular formula is C26H25N5O6. The number of hydrogen-bond acceptors (Lipinski definition) is 7. The summed E-state index contributed by atoms with van der Waals surface area (Å²) in [4.78, 5) is 39.4. The number of hydrogen-bond donors (Lipinski definition) is 1. The molecule has 0 atom stereocenters. The van der Waals surface area contributed by atoms with E-state index in [9.17, 15) is 19.5 Å². The minimum absolute atomic E-state index is 0.0401. The predicted octanol–water partition coefficient (Wildman–Crippen LogP) is 3.25.